The molecule has 4 atom stereocenters. The predicted octanol–water partition coefficient (Wildman–Crippen LogP) is 4.58. The second kappa shape index (κ2) is 13.5. The maximum absolute atomic E-state index is 14.3. The molecule has 2 amide bonds. The van der Waals surface area contributed by atoms with Gasteiger partial charge in [-0.05, 0) is 82.1 Å². The summed E-state index contributed by atoms with van der Waals surface area (Å²) < 4.78 is 0. The number of benzene rings is 2. The molecule has 1 unspecified atom stereocenters. The third kappa shape index (κ3) is 6.52. The maximum atomic E-state index is 14.3. The zero-order valence-corrected chi connectivity index (χ0v) is 24.5. The van der Waals surface area contributed by atoms with Crippen molar-refractivity contribution in [3.63, 3.8) is 0 Å². The molecular formula is C34H47N5O2. The van der Waals surface area contributed by atoms with Crippen LogP contribution in [0.2, 0.25) is 0 Å². The molecule has 0 saturated carbocycles. The van der Waals surface area contributed by atoms with Crippen LogP contribution >= 0.6 is 0 Å². The Morgan fingerprint density at radius 2 is 1.17 bits per heavy atom. The van der Waals surface area contributed by atoms with Crippen LogP contribution in [-0.4, -0.2) is 89.4 Å². The third-order valence-electron chi connectivity index (χ3n) is 9.65. The van der Waals surface area contributed by atoms with Gasteiger partial charge in [0.1, 0.15) is 12.1 Å². The molecular weight excluding hydrogens is 510 g/mol. The molecule has 0 spiro atoms. The van der Waals surface area contributed by atoms with E-state index < -0.39 is 0 Å². The van der Waals surface area contributed by atoms with Gasteiger partial charge in [-0.2, -0.15) is 0 Å². The Morgan fingerprint density at radius 1 is 0.610 bits per heavy atom. The molecule has 4 aliphatic rings. The van der Waals surface area contributed by atoms with Crippen LogP contribution in [-0.2, 0) is 9.59 Å². The predicted molar refractivity (Wildman–Crippen MR) is 162 cm³/mol. The van der Waals surface area contributed by atoms with Crippen LogP contribution < -0.4 is 5.32 Å². The standard InChI is InChI=1S/C34H47N5O2/c40-33(37-22-10-11-23-37)31(27-14-4-1-5-15-27)38-24-12-18-29(26-38)35-30-19-13-25-39(30)34(41)32(28-16-6-2-7-17-28)36-20-8-3-9-21-36/h1-2,4-7,14-17,29-32,35H,3,8-13,18-26H2/t29?,30-,31-,32-/m0/s1. The summed E-state index contributed by atoms with van der Waals surface area (Å²) in [6.45, 7) is 6.28. The van der Waals surface area contributed by atoms with Crippen molar-refractivity contribution in [3.05, 3.63) is 71.8 Å². The second-order valence-corrected chi connectivity index (χ2v) is 12.4. The molecule has 6 rings (SSSR count). The van der Waals surface area contributed by atoms with E-state index in [9.17, 15) is 9.59 Å². The van der Waals surface area contributed by atoms with Gasteiger partial charge in [-0.25, -0.2) is 0 Å². The molecule has 0 aromatic heterocycles. The number of carbonyl (C=O) groups is 2. The molecule has 0 radical (unpaired) electrons. The molecule has 2 aromatic carbocycles. The second-order valence-electron chi connectivity index (χ2n) is 12.4. The topological polar surface area (TPSA) is 59.1 Å². The summed E-state index contributed by atoms with van der Waals surface area (Å²) in [6.07, 6.45) is 9.96. The Balaban J connectivity index is 1.17. The van der Waals surface area contributed by atoms with Crippen LogP contribution in [0.25, 0.3) is 0 Å². The van der Waals surface area contributed by atoms with E-state index in [0.29, 0.717) is 0 Å². The van der Waals surface area contributed by atoms with E-state index in [2.05, 4.69) is 61.3 Å². The first-order chi connectivity index (χ1) is 20.2. The molecule has 0 aliphatic carbocycles. The fraction of sp³-hybridized carbons (Fsp3) is 0.588. The van der Waals surface area contributed by atoms with Crippen molar-refractivity contribution in [3.8, 4) is 0 Å². The summed E-state index contributed by atoms with van der Waals surface area (Å²) in [5.41, 5.74) is 2.20. The van der Waals surface area contributed by atoms with Crippen molar-refractivity contribution in [1.82, 2.24) is 24.9 Å². The highest BCUT2D eigenvalue weighted by atomic mass is 16.2. The van der Waals surface area contributed by atoms with Crippen LogP contribution in [0.5, 0.6) is 0 Å². The fourth-order valence-electron chi connectivity index (χ4n) is 7.59. The van der Waals surface area contributed by atoms with Crippen molar-refractivity contribution < 1.29 is 9.59 Å². The number of nitrogens with zero attached hydrogens (tertiary/aromatic N) is 4. The van der Waals surface area contributed by atoms with Crippen LogP contribution in [0, 0.1) is 0 Å². The molecule has 4 aliphatic heterocycles. The highest BCUT2D eigenvalue weighted by Gasteiger charge is 2.40. The zero-order valence-electron chi connectivity index (χ0n) is 24.5. The maximum Gasteiger partial charge on any atom is 0.245 e. The monoisotopic (exact) mass is 557 g/mol. The Bertz CT molecular complexity index is 1130. The van der Waals surface area contributed by atoms with Crippen molar-refractivity contribution in [2.75, 3.05) is 45.8 Å². The quantitative estimate of drug-likeness (QED) is 0.515. The highest BCUT2D eigenvalue weighted by Crippen LogP contribution is 2.32. The zero-order chi connectivity index (χ0) is 28.0. The summed E-state index contributed by atoms with van der Waals surface area (Å²) in [5.74, 6) is 0.492. The summed E-state index contributed by atoms with van der Waals surface area (Å²) in [4.78, 5) is 37.1. The van der Waals surface area contributed by atoms with E-state index in [1.807, 2.05) is 24.3 Å². The first-order valence-corrected chi connectivity index (χ1v) is 16.1. The molecule has 4 saturated heterocycles. The normalized spacial score (nSPS) is 25.8. The van der Waals surface area contributed by atoms with E-state index in [0.717, 1.165) is 108 Å². The van der Waals surface area contributed by atoms with Crippen LogP contribution in [0.15, 0.2) is 60.7 Å². The van der Waals surface area contributed by atoms with E-state index in [1.165, 1.54) is 6.42 Å². The SMILES string of the molecule is O=C([C@H](c1ccccc1)N1CCCC(N[C@@H]2CCCN2C(=O)[C@H](c2ccccc2)N2CCCCC2)C1)N1CCCC1. The first kappa shape index (κ1) is 28.4. The molecule has 7 heteroatoms. The number of hydrogen-bond acceptors (Lipinski definition) is 5. The first-order valence-electron chi connectivity index (χ1n) is 16.1. The number of amides is 2. The summed E-state index contributed by atoms with van der Waals surface area (Å²) in [7, 11) is 0. The number of hydrogen-bond donors (Lipinski definition) is 1. The lowest BCUT2D eigenvalue weighted by Gasteiger charge is -2.42. The lowest BCUT2D eigenvalue weighted by molar-refractivity contribution is -0.139. The summed E-state index contributed by atoms with van der Waals surface area (Å²) in [5, 5.41) is 3.92. The van der Waals surface area contributed by atoms with Gasteiger partial charge in [0, 0.05) is 32.2 Å². The lowest BCUT2D eigenvalue weighted by Crippen LogP contribution is -2.56. The van der Waals surface area contributed by atoms with Gasteiger partial charge in [-0.1, -0.05) is 67.1 Å². The van der Waals surface area contributed by atoms with Crippen molar-refractivity contribution in [2.24, 2.45) is 0 Å². The number of nitrogens with one attached hydrogen (secondary N) is 1. The molecule has 7 nitrogen and oxygen atoms in total. The molecule has 41 heavy (non-hydrogen) atoms. The van der Waals surface area contributed by atoms with Crippen molar-refractivity contribution in [1.29, 1.82) is 0 Å². The number of rotatable bonds is 8. The van der Waals surface area contributed by atoms with E-state index >= 15 is 0 Å². The van der Waals surface area contributed by atoms with Crippen LogP contribution in [0.1, 0.15) is 81.0 Å². The van der Waals surface area contributed by atoms with E-state index in [4.69, 9.17) is 0 Å². The van der Waals surface area contributed by atoms with Crippen LogP contribution in [0.4, 0.5) is 0 Å². The minimum absolute atomic E-state index is 0.0490. The summed E-state index contributed by atoms with van der Waals surface area (Å²) >= 11 is 0. The van der Waals surface area contributed by atoms with Crippen molar-refractivity contribution >= 4 is 11.8 Å². The van der Waals surface area contributed by atoms with E-state index in [-0.39, 0.29) is 36.1 Å². The van der Waals surface area contributed by atoms with E-state index in [1.54, 1.807) is 0 Å². The van der Waals surface area contributed by atoms with Gasteiger partial charge in [0.25, 0.3) is 0 Å². The van der Waals surface area contributed by atoms with Gasteiger partial charge in [0.05, 0.1) is 6.17 Å². The van der Waals surface area contributed by atoms with Gasteiger partial charge in [-0.15, -0.1) is 0 Å². The van der Waals surface area contributed by atoms with Gasteiger partial charge in [-0.3, -0.25) is 24.7 Å². The Kier molecular flexibility index (Phi) is 9.34. The Hall–Kier alpha value is -2.74. The summed E-state index contributed by atoms with van der Waals surface area (Å²) in [6, 6.07) is 20.5. The molecule has 4 heterocycles. The van der Waals surface area contributed by atoms with Gasteiger partial charge < -0.3 is 9.80 Å². The molecule has 2 aromatic rings. The minimum atomic E-state index is -0.234. The number of piperidine rings is 2. The number of likely N-dealkylation sites (tertiary alicyclic amines) is 4. The third-order valence-corrected chi connectivity index (χ3v) is 9.65. The Labute approximate surface area is 245 Å². The van der Waals surface area contributed by atoms with Gasteiger partial charge in [0.2, 0.25) is 11.8 Å². The largest absolute Gasteiger partial charge is 0.341 e. The highest BCUT2D eigenvalue weighted by molar-refractivity contribution is 5.84. The Morgan fingerprint density at radius 3 is 1.83 bits per heavy atom. The smallest absolute Gasteiger partial charge is 0.245 e. The molecule has 220 valence electrons. The molecule has 1 N–H and O–H groups in total. The lowest BCUT2D eigenvalue weighted by atomic mass is 9.98. The molecule has 0 bridgehead atoms. The van der Waals surface area contributed by atoms with Gasteiger partial charge in [0.15, 0.2) is 0 Å². The van der Waals surface area contributed by atoms with Crippen LogP contribution in [0.3, 0.4) is 0 Å². The van der Waals surface area contributed by atoms with Crippen molar-refractivity contribution in [2.45, 2.75) is 82.1 Å². The fourth-order valence-corrected chi connectivity index (χ4v) is 7.59. The average Bonchev–Trinajstić information content (AvgIpc) is 3.72. The van der Waals surface area contributed by atoms with Gasteiger partial charge >= 0.3 is 0 Å². The minimum Gasteiger partial charge on any atom is -0.341 e. The number of carbonyl (C=O) groups excluding carboxylic acids is 2. The average molecular weight is 558 g/mol. The molecule has 4 fully saturated rings.